The SMILES string of the molecule is CC(C)C(C)(C)c1cc(C(C)(C)C(C)C)c2cc(-c3c(OP(O)O)ccc(S(=O)(=O)c4ccccc4)c3-c3cc4c(C(C)(C)C(C)C)cc(C(C)(C)C(C)C)cc4cc3C(C)(C)C(C)C)c(C(C)(C)C(C)C)cc2c1. The quantitative estimate of drug-likeness (QED) is 0.0838. The van der Waals surface area contributed by atoms with Gasteiger partial charge in [0.05, 0.1) is 9.79 Å². The Bertz CT molecular complexity index is 3180. The minimum Gasteiger partial charge on any atom is -0.426 e. The highest BCUT2D eigenvalue weighted by atomic mass is 32.2. The summed E-state index contributed by atoms with van der Waals surface area (Å²) >= 11 is 0. The molecule has 0 aromatic heterocycles. The van der Waals surface area contributed by atoms with Crippen LogP contribution in [0.4, 0.5) is 0 Å². The van der Waals surface area contributed by atoms with Gasteiger partial charge in [-0.25, -0.2) is 8.42 Å². The van der Waals surface area contributed by atoms with Gasteiger partial charge in [-0.3, -0.25) is 0 Å². The Balaban J connectivity index is 2.06. The number of fused-ring (bicyclic) bond motifs is 2. The van der Waals surface area contributed by atoms with Gasteiger partial charge in [-0.1, -0.05) is 209 Å². The molecule has 0 amide bonds. The summed E-state index contributed by atoms with van der Waals surface area (Å²) in [7, 11) is -7.23. The first-order chi connectivity index (χ1) is 34.3. The van der Waals surface area contributed by atoms with Crippen molar-refractivity contribution in [1.82, 2.24) is 0 Å². The van der Waals surface area contributed by atoms with Crippen molar-refractivity contribution in [3.05, 3.63) is 124 Å². The summed E-state index contributed by atoms with van der Waals surface area (Å²) in [4.78, 5) is 22.5. The summed E-state index contributed by atoms with van der Waals surface area (Å²) in [6.07, 6.45) is 0. The molecule has 2 N–H and O–H groups in total. The summed E-state index contributed by atoms with van der Waals surface area (Å²) < 4.78 is 38.2. The second kappa shape index (κ2) is 21.0. The Labute approximate surface area is 456 Å². The monoisotopic (exact) mass is 1050 g/mol. The van der Waals surface area contributed by atoms with Gasteiger partial charge in [0.25, 0.3) is 0 Å². The van der Waals surface area contributed by atoms with Gasteiger partial charge in [0, 0.05) is 11.1 Å². The van der Waals surface area contributed by atoms with Crippen LogP contribution in [-0.4, -0.2) is 18.2 Å². The van der Waals surface area contributed by atoms with Crippen molar-refractivity contribution in [2.24, 2.45) is 35.5 Å². The maximum absolute atomic E-state index is 16.0. The molecule has 6 rings (SSSR count). The van der Waals surface area contributed by atoms with Crippen LogP contribution in [0, 0.1) is 35.5 Å². The number of benzene rings is 6. The lowest BCUT2D eigenvalue weighted by molar-refractivity contribution is 0.362. The van der Waals surface area contributed by atoms with Gasteiger partial charge in [-0.15, -0.1) is 0 Å². The third-order valence-corrected chi connectivity index (χ3v) is 22.5. The second-order valence-corrected chi connectivity index (χ2v) is 30.1. The van der Waals surface area contributed by atoms with Crippen molar-refractivity contribution < 1.29 is 22.7 Å². The third kappa shape index (κ3) is 10.8. The molecular formula is C68H95O5PS. The van der Waals surface area contributed by atoms with Crippen molar-refractivity contribution in [3.8, 4) is 28.0 Å². The highest BCUT2D eigenvalue weighted by molar-refractivity contribution is 7.91. The van der Waals surface area contributed by atoms with E-state index in [1.54, 1.807) is 36.4 Å². The molecule has 7 heteroatoms. The largest absolute Gasteiger partial charge is 0.426 e. The van der Waals surface area contributed by atoms with Crippen LogP contribution in [0.2, 0.25) is 0 Å². The van der Waals surface area contributed by atoms with Crippen molar-refractivity contribution in [3.63, 3.8) is 0 Å². The highest BCUT2D eigenvalue weighted by Crippen LogP contribution is 2.56. The fourth-order valence-electron chi connectivity index (χ4n) is 10.2. The zero-order chi connectivity index (χ0) is 56.7. The van der Waals surface area contributed by atoms with Crippen LogP contribution >= 0.6 is 8.60 Å². The van der Waals surface area contributed by atoms with E-state index in [9.17, 15) is 9.79 Å². The number of sulfone groups is 1. The summed E-state index contributed by atoms with van der Waals surface area (Å²) in [5, 5.41) is 4.36. The predicted octanol–water partition coefficient (Wildman–Crippen LogP) is 19.4. The van der Waals surface area contributed by atoms with Gasteiger partial charge in [0.15, 0.2) is 0 Å². The molecule has 75 heavy (non-hydrogen) atoms. The molecule has 0 radical (unpaired) electrons. The standard InChI is InChI=1S/C68H95O5PS/c1-40(2)63(13,14)48-32-46-34-55(65(17,18)42(5)6)53(38-51(46)57(36-48)67(21,22)44(9)10)61-59(73-74(69)70)30-31-60(75(71,72)50-28-26-25-27-29-50)62(61)54-39-52-47(35-56(54)66(19,20)43(7)8)33-49(64(15,16)41(3)4)37-58(52)68(23,24)45(11)12/h25-45,69-70H,1-24H3. The average molecular weight is 1060 g/mol. The van der Waals surface area contributed by atoms with Gasteiger partial charge in [0.1, 0.15) is 5.75 Å². The Morgan fingerprint density at radius 2 is 0.760 bits per heavy atom. The smallest absolute Gasteiger partial charge is 0.391 e. The van der Waals surface area contributed by atoms with E-state index in [-0.39, 0.29) is 60.9 Å². The van der Waals surface area contributed by atoms with Crippen LogP contribution in [0.5, 0.6) is 5.75 Å². The fraction of sp³-hybridized carbons (Fsp3) is 0.529. The molecule has 0 saturated heterocycles. The van der Waals surface area contributed by atoms with Crippen LogP contribution in [0.25, 0.3) is 43.8 Å². The van der Waals surface area contributed by atoms with Crippen LogP contribution in [0.3, 0.4) is 0 Å². The highest BCUT2D eigenvalue weighted by Gasteiger charge is 2.40. The Kier molecular flexibility index (Phi) is 16.8. The van der Waals surface area contributed by atoms with Gasteiger partial charge < -0.3 is 14.3 Å². The van der Waals surface area contributed by atoms with Crippen LogP contribution in [0.15, 0.2) is 101 Å². The molecule has 0 bridgehead atoms. The molecule has 0 fully saturated rings. The Morgan fingerprint density at radius 1 is 0.413 bits per heavy atom. The molecule has 0 spiro atoms. The minimum absolute atomic E-state index is 0.122. The normalized spacial score (nSPS) is 13.9. The lowest BCUT2D eigenvalue weighted by atomic mass is 9.66. The number of hydrogen-bond donors (Lipinski definition) is 2. The predicted molar refractivity (Wildman–Crippen MR) is 323 cm³/mol. The van der Waals surface area contributed by atoms with Crippen LogP contribution in [0.1, 0.15) is 200 Å². The lowest BCUT2D eigenvalue weighted by Gasteiger charge is -2.38. The summed E-state index contributed by atoms with van der Waals surface area (Å²) in [6, 6.07) is 30.9. The summed E-state index contributed by atoms with van der Waals surface area (Å²) in [5.41, 5.74) is 7.74. The first-order valence-electron chi connectivity index (χ1n) is 27.9. The first kappa shape index (κ1) is 60.2. The molecule has 5 nitrogen and oxygen atoms in total. The Morgan fingerprint density at radius 3 is 1.11 bits per heavy atom. The molecule has 6 aromatic rings. The van der Waals surface area contributed by atoms with E-state index >= 15 is 8.42 Å². The molecule has 0 heterocycles. The van der Waals surface area contributed by atoms with Gasteiger partial charge in [0.2, 0.25) is 9.84 Å². The Hall–Kier alpha value is -4.06. The molecule has 0 aliphatic rings. The van der Waals surface area contributed by atoms with Crippen molar-refractivity contribution in [2.75, 3.05) is 0 Å². The topological polar surface area (TPSA) is 83.8 Å². The van der Waals surface area contributed by atoms with Crippen molar-refractivity contribution in [1.29, 1.82) is 0 Å². The molecule has 0 aliphatic carbocycles. The van der Waals surface area contributed by atoms with Gasteiger partial charge >= 0.3 is 8.60 Å². The zero-order valence-electron chi connectivity index (χ0n) is 50.6. The van der Waals surface area contributed by atoms with E-state index in [0.717, 1.165) is 43.8 Å². The maximum atomic E-state index is 16.0. The zero-order valence-corrected chi connectivity index (χ0v) is 52.3. The second-order valence-electron chi connectivity index (χ2n) is 27.5. The summed E-state index contributed by atoms with van der Waals surface area (Å²) in [6.45, 7) is 55.1. The van der Waals surface area contributed by atoms with E-state index in [0.29, 0.717) is 23.0 Å². The van der Waals surface area contributed by atoms with Crippen LogP contribution in [-0.2, 0) is 42.3 Å². The van der Waals surface area contributed by atoms with E-state index in [4.69, 9.17) is 4.52 Å². The van der Waals surface area contributed by atoms with E-state index in [2.05, 4.69) is 215 Å². The molecule has 408 valence electrons. The third-order valence-electron chi connectivity index (χ3n) is 20.3. The molecular weight excluding hydrogens is 960 g/mol. The molecule has 0 aliphatic heterocycles. The molecule has 0 saturated carbocycles. The fourth-order valence-corrected chi connectivity index (χ4v) is 12.1. The molecule has 0 unspecified atom stereocenters. The minimum atomic E-state index is -4.27. The van der Waals surface area contributed by atoms with Gasteiger partial charge in [-0.2, -0.15) is 0 Å². The van der Waals surface area contributed by atoms with E-state index < -0.39 is 29.3 Å². The van der Waals surface area contributed by atoms with Crippen LogP contribution < -0.4 is 4.52 Å². The van der Waals surface area contributed by atoms with Crippen molar-refractivity contribution in [2.45, 2.75) is 208 Å². The van der Waals surface area contributed by atoms with E-state index in [1.807, 2.05) is 6.07 Å². The first-order valence-corrected chi connectivity index (χ1v) is 30.5. The van der Waals surface area contributed by atoms with E-state index in [1.165, 1.54) is 22.3 Å². The lowest BCUT2D eigenvalue weighted by Crippen LogP contribution is -2.29. The van der Waals surface area contributed by atoms with Gasteiger partial charge in [-0.05, 0) is 183 Å². The number of rotatable bonds is 18. The maximum Gasteiger partial charge on any atom is 0.391 e. The van der Waals surface area contributed by atoms with Crippen molar-refractivity contribution >= 4 is 40.0 Å². The molecule has 6 aromatic carbocycles. The summed E-state index contributed by atoms with van der Waals surface area (Å²) in [5.74, 6) is 1.72. The number of hydrogen-bond acceptors (Lipinski definition) is 5. The molecule has 0 atom stereocenters. The average Bonchev–Trinajstić information content (AvgIpc) is 3.31.